The van der Waals surface area contributed by atoms with Gasteiger partial charge in [-0.1, -0.05) is 0 Å². The number of amides is 1. The molecular formula is C17H15FN4OS. The molecule has 1 aliphatic heterocycles. The first kappa shape index (κ1) is 15.0. The van der Waals surface area contributed by atoms with Crippen molar-refractivity contribution in [3.05, 3.63) is 51.8 Å². The average molecular weight is 342 g/mol. The number of nitrogen functional groups attached to an aromatic ring is 1. The summed E-state index contributed by atoms with van der Waals surface area (Å²) < 4.78 is 14.4. The lowest BCUT2D eigenvalue weighted by molar-refractivity contribution is 0.0737. The van der Waals surface area contributed by atoms with Gasteiger partial charge in [0, 0.05) is 24.2 Å². The number of hydrogen-bond donors (Lipinski definition) is 1. The molecule has 0 spiro atoms. The molecule has 7 heteroatoms. The Morgan fingerprint density at radius 3 is 3.00 bits per heavy atom. The Bertz CT molecular complexity index is 969. The van der Waals surface area contributed by atoms with E-state index in [1.807, 2.05) is 6.92 Å². The van der Waals surface area contributed by atoms with E-state index in [-0.39, 0.29) is 11.7 Å². The largest absolute Gasteiger partial charge is 0.382 e. The molecule has 24 heavy (non-hydrogen) atoms. The van der Waals surface area contributed by atoms with Crippen molar-refractivity contribution < 1.29 is 9.18 Å². The zero-order valence-electron chi connectivity index (χ0n) is 13.0. The highest BCUT2D eigenvalue weighted by atomic mass is 32.1. The van der Waals surface area contributed by atoms with E-state index in [2.05, 4.69) is 10.2 Å². The summed E-state index contributed by atoms with van der Waals surface area (Å²) in [6, 6.07) is 6.40. The number of nitrogens with two attached hydrogens (primary N) is 1. The van der Waals surface area contributed by atoms with Gasteiger partial charge in [0.1, 0.15) is 11.6 Å². The second-order valence-corrected chi connectivity index (χ2v) is 6.97. The summed E-state index contributed by atoms with van der Waals surface area (Å²) in [5, 5.41) is 8.76. The Hall–Kier alpha value is -2.54. The minimum atomic E-state index is -0.289. The quantitative estimate of drug-likeness (QED) is 0.738. The van der Waals surface area contributed by atoms with Gasteiger partial charge in [0.05, 0.1) is 10.6 Å². The molecule has 0 fully saturated rings. The zero-order valence-corrected chi connectivity index (χ0v) is 13.9. The van der Waals surface area contributed by atoms with Gasteiger partial charge < -0.3 is 10.6 Å². The van der Waals surface area contributed by atoms with Crippen LogP contribution in [0.5, 0.6) is 0 Å². The highest BCUT2D eigenvalue weighted by molar-refractivity contribution is 7.21. The van der Waals surface area contributed by atoms with Crippen molar-refractivity contribution in [1.29, 1.82) is 0 Å². The Kier molecular flexibility index (Phi) is 3.45. The van der Waals surface area contributed by atoms with Gasteiger partial charge in [0.25, 0.3) is 5.91 Å². The molecule has 1 aliphatic rings. The fourth-order valence-corrected chi connectivity index (χ4v) is 4.22. The molecule has 0 atom stereocenters. The van der Waals surface area contributed by atoms with E-state index in [9.17, 15) is 9.18 Å². The summed E-state index contributed by atoms with van der Waals surface area (Å²) in [6.45, 7) is 2.93. The predicted octanol–water partition coefficient (Wildman–Crippen LogP) is 2.92. The van der Waals surface area contributed by atoms with Crippen LogP contribution < -0.4 is 5.73 Å². The average Bonchev–Trinajstić information content (AvgIpc) is 2.90. The molecule has 4 rings (SSSR count). The molecular weight excluding hydrogens is 327 g/mol. The third kappa shape index (κ3) is 2.41. The van der Waals surface area contributed by atoms with Gasteiger partial charge in [-0.15, -0.1) is 16.4 Å². The molecule has 0 unspecified atom stereocenters. The number of nitrogens with zero attached hydrogens (tertiary/aromatic N) is 3. The Balaban J connectivity index is 1.68. The molecule has 2 aromatic heterocycles. The summed E-state index contributed by atoms with van der Waals surface area (Å²) in [4.78, 5) is 15.4. The van der Waals surface area contributed by atoms with E-state index < -0.39 is 0 Å². The maximum atomic E-state index is 13.5. The van der Waals surface area contributed by atoms with Gasteiger partial charge in [0.2, 0.25) is 0 Å². The SMILES string of the molecule is Cc1c(C(=O)N2CCc3nnc(N)cc3C2)sc2ccc(F)cc12. The molecule has 5 nitrogen and oxygen atoms in total. The summed E-state index contributed by atoms with van der Waals surface area (Å²) in [5.74, 6) is 0.0371. The van der Waals surface area contributed by atoms with Crippen LogP contribution >= 0.6 is 11.3 Å². The van der Waals surface area contributed by atoms with Crippen molar-refractivity contribution in [1.82, 2.24) is 15.1 Å². The monoisotopic (exact) mass is 342 g/mol. The van der Waals surface area contributed by atoms with E-state index in [0.717, 1.165) is 26.9 Å². The van der Waals surface area contributed by atoms with Crippen LogP contribution in [0.2, 0.25) is 0 Å². The molecule has 0 radical (unpaired) electrons. The Labute approximate surface area is 141 Å². The molecule has 0 bridgehead atoms. The van der Waals surface area contributed by atoms with Crippen molar-refractivity contribution in [2.75, 3.05) is 12.3 Å². The second-order valence-electron chi connectivity index (χ2n) is 5.91. The third-order valence-corrected chi connectivity index (χ3v) is 5.60. The minimum Gasteiger partial charge on any atom is -0.382 e. The summed E-state index contributed by atoms with van der Waals surface area (Å²) in [5.41, 5.74) is 8.35. The normalized spacial score (nSPS) is 14.0. The first-order chi connectivity index (χ1) is 11.5. The molecule has 1 amide bonds. The van der Waals surface area contributed by atoms with Crippen LogP contribution in [0.15, 0.2) is 24.3 Å². The topological polar surface area (TPSA) is 72.1 Å². The third-order valence-electron chi connectivity index (χ3n) is 4.34. The number of anilines is 1. The molecule has 0 saturated carbocycles. The number of fused-ring (bicyclic) bond motifs is 2. The second kappa shape index (κ2) is 5.52. The van der Waals surface area contributed by atoms with Crippen LogP contribution in [-0.4, -0.2) is 27.5 Å². The van der Waals surface area contributed by atoms with Gasteiger partial charge in [-0.25, -0.2) is 4.39 Å². The summed E-state index contributed by atoms with van der Waals surface area (Å²) in [7, 11) is 0. The number of carbonyl (C=O) groups is 1. The van der Waals surface area contributed by atoms with E-state index >= 15 is 0 Å². The Morgan fingerprint density at radius 2 is 2.17 bits per heavy atom. The van der Waals surface area contributed by atoms with Crippen LogP contribution in [0, 0.1) is 12.7 Å². The molecule has 2 N–H and O–H groups in total. The fraction of sp³-hybridized carbons (Fsp3) is 0.235. The number of hydrogen-bond acceptors (Lipinski definition) is 5. The lowest BCUT2D eigenvalue weighted by Crippen LogP contribution is -2.36. The van der Waals surface area contributed by atoms with Crippen molar-refractivity contribution in [3.63, 3.8) is 0 Å². The van der Waals surface area contributed by atoms with Crippen LogP contribution in [0.3, 0.4) is 0 Å². The van der Waals surface area contributed by atoms with Crippen LogP contribution in [0.25, 0.3) is 10.1 Å². The zero-order chi connectivity index (χ0) is 16.8. The molecule has 0 aliphatic carbocycles. The molecule has 3 aromatic rings. The van der Waals surface area contributed by atoms with Crippen molar-refractivity contribution in [2.45, 2.75) is 19.9 Å². The smallest absolute Gasteiger partial charge is 0.264 e. The van der Waals surface area contributed by atoms with Crippen molar-refractivity contribution >= 4 is 33.1 Å². The van der Waals surface area contributed by atoms with Gasteiger partial charge in [-0.05, 0) is 47.7 Å². The Morgan fingerprint density at radius 1 is 1.33 bits per heavy atom. The van der Waals surface area contributed by atoms with E-state index in [1.165, 1.54) is 23.5 Å². The van der Waals surface area contributed by atoms with E-state index in [4.69, 9.17) is 5.73 Å². The minimum absolute atomic E-state index is 0.0323. The highest BCUT2D eigenvalue weighted by Gasteiger charge is 2.26. The maximum absolute atomic E-state index is 13.5. The van der Waals surface area contributed by atoms with Gasteiger partial charge in [-0.2, -0.15) is 5.10 Å². The maximum Gasteiger partial charge on any atom is 0.264 e. The van der Waals surface area contributed by atoms with E-state index in [0.29, 0.717) is 30.2 Å². The number of halogens is 1. The van der Waals surface area contributed by atoms with Crippen LogP contribution in [0.1, 0.15) is 26.5 Å². The van der Waals surface area contributed by atoms with Gasteiger partial charge in [0.15, 0.2) is 0 Å². The first-order valence-electron chi connectivity index (χ1n) is 7.62. The van der Waals surface area contributed by atoms with Crippen LogP contribution in [0.4, 0.5) is 10.2 Å². The van der Waals surface area contributed by atoms with Crippen molar-refractivity contribution in [3.8, 4) is 0 Å². The molecule has 1 aromatic carbocycles. The van der Waals surface area contributed by atoms with E-state index in [1.54, 1.807) is 17.0 Å². The number of rotatable bonds is 1. The van der Waals surface area contributed by atoms with Gasteiger partial charge >= 0.3 is 0 Å². The highest BCUT2D eigenvalue weighted by Crippen LogP contribution is 2.33. The molecule has 122 valence electrons. The number of carbonyl (C=O) groups excluding carboxylic acids is 1. The van der Waals surface area contributed by atoms with Crippen LogP contribution in [-0.2, 0) is 13.0 Å². The number of thiophene rings is 1. The number of aromatic nitrogens is 2. The predicted molar refractivity (Wildman–Crippen MR) is 91.4 cm³/mol. The fourth-order valence-electron chi connectivity index (χ4n) is 3.06. The lowest BCUT2D eigenvalue weighted by atomic mass is 10.1. The number of aryl methyl sites for hydroxylation is 1. The first-order valence-corrected chi connectivity index (χ1v) is 8.43. The molecule has 0 saturated heterocycles. The van der Waals surface area contributed by atoms with Crippen molar-refractivity contribution in [2.24, 2.45) is 0 Å². The number of benzene rings is 1. The van der Waals surface area contributed by atoms with Gasteiger partial charge in [-0.3, -0.25) is 4.79 Å². The lowest BCUT2D eigenvalue weighted by Gasteiger charge is -2.27. The summed E-state index contributed by atoms with van der Waals surface area (Å²) in [6.07, 6.45) is 0.660. The standard InChI is InChI=1S/C17H15FN4OS/c1-9-12-7-11(18)2-3-14(12)24-16(9)17(23)22-5-4-13-10(8-22)6-15(19)21-20-13/h2-3,6-7H,4-5,8H2,1H3,(H2,19,21). The molecule has 3 heterocycles. The summed E-state index contributed by atoms with van der Waals surface area (Å²) >= 11 is 1.41.